The fraction of sp³-hybridized carbons (Fsp3) is 0.200. The molecule has 0 N–H and O–H groups in total. The van der Waals surface area contributed by atoms with E-state index in [0.717, 1.165) is 11.1 Å². The molecule has 2 aromatic heterocycles. The van der Waals surface area contributed by atoms with E-state index in [4.69, 9.17) is 16.3 Å². The molecular formula is C15H13ClN2O. The number of pyridine rings is 2. The van der Waals surface area contributed by atoms with Crippen LogP contribution in [0.3, 0.4) is 0 Å². The van der Waals surface area contributed by atoms with Gasteiger partial charge in [-0.25, -0.2) is 0 Å². The summed E-state index contributed by atoms with van der Waals surface area (Å²) in [4.78, 5) is 8.13. The lowest BCUT2D eigenvalue weighted by molar-refractivity contribution is 0.304. The largest absolute Gasteiger partial charge is 0.487 e. The predicted molar refractivity (Wildman–Crippen MR) is 75.0 cm³/mol. The van der Waals surface area contributed by atoms with Crippen LogP contribution in [0.1, 0.15) is 17.5 Å². The lowest BCUT2D eigenvalue weighted by Gasteiger charge is -2.05. The van der Waals surface area contributed by atoms with Gasteiger partial charge >= 0.3 is 0 Å². The minimum Gasteiger partial charge on any atom is -0.487 e. The maximum absolute atomic E-state index is 5.64. The van der Waals surface area contributed by atoms with Crippen LogP contribution in [0.25, 0.3) is 0 Å². The van der Waals surface area contributed by atoms with E-state index < -0.39 is 0 Å². The van der Waals surface area contributed by atoms with E-state index in [1.54, 1.807) is 24.8 Å². The zero-order valence-corrected chi connectivity index (χ0v) is 11.1. The van der Waals surface area contributed by atoms with Crippen LogP contribution < -0.4 is 4.74 Å². The quantitative estimate of drug-likeness (QED) is 0.634. The van der Waals surface area contributed by atoms with Crippen molar-refractivity contribution in [3.8, 4) is 17.6 Å². The van der Waals surface area contributed by atoms with Gasteiger partial charge in [0.05, 0.1) is 6.20 Å². The molecule has 0 aliphatic heterocycles. The van der Waals surface area contributed by atoms with E-state index >= 15 is 0 Å². The average molecular weight is 273 g/mol. The molecule has 0 spiro atoms. The third kappa shape index (κ3) is 4.61. The Balaban J connectivity index is 1.98. The van der Waals surface area contributed by atoms with Crippen molar-refractivity contribution in [2.45, 2.75) is 13.0 Å². The Labute approximate surface area is 117 Å². The summed E-state index contributed by atoms with van der Waals surface area (Å²) >= 11 is 5.57. The second kappa shape index (κ2) is 7.40. The first-order chi connectivity index (χ1) is 9.38. The molecule has 4 heteroatoms. The van der Waals surface area contributed by atoms with Crippen LogP contribution in [0, 0.1) is 11.8 Å². The Bertz CT molecular complexity index is 575. The molecule has 0 bridgehead atoms. The van der Waals surface area contributed by atoms with Crippen molar-refractivity contribution in [1.82, 2.24) is 9.97 Å². The minimum absolute atomic E-state index is 0.466. The molecule has 0 unspecified atom stereocenters. The number of hydrogen-bond donors (Lipinski definition) is 0. The van der Waals surface area contributed by atoms with Crippen molar-refractivity contribution < 1.29 is 4.74 Å². The molecule has 0 saturated carbocycles. The first-order valence-corrected chi connectivity index (χ1v) is 6.43. The van der Waals surface area contributed by atoms with Gasteiger partial charge in [-0.3, -0.25) is 9.97 Å². The monoisotopic (exact) mass is 272 g/mol. The Kier molecular flexibility index (Phi) is 5.21. The SMILES string of the molecule is ClCCC#Cc1cncc(OCc2cccnc2)c1. The molecule has 0 amide bonds. The van der Waals surface area contributed by atoms with Gasteiger partial charge in [0.2, 0.25) is 0 Å². The molecule has 0 radical (unpaired) electrons. The van der Waals surface area contributed by atoms with Crippen molar-refractivity contribution in [1.29, 1.82) is 0 Å². The number of ether oxygens (including phenoxy) is 1. The number of nitrogens with zero attached hydrogens (tertiary/aromatic N) is 2. The summed E-state index contributed by atoms with van der Waals surface area (Å²) < 4.78 is 5.64. The van der Waals surface area contributed by atoms with Crippen LogP contribution in [-0.4, -0.2) is 15.8 Å². The zero-order valence-electron chi connectivity index (χ0n) is 10.3. The molecular weight excluding hydrogens is 260 g/mol. The number of alkyl halides is 1. The van der Waals surface area contributed by atoms with E-state index in [1.165, 1.54) is 0 Å². The van der Waals surface area contributed by atoms with Gasteiger partial charge in [-0.1, -0.05) is 17.9 Å². The van der Waals surface area contributed by atoms with Gasteiger partial charge in [-0.15, -0.1) is 11.6 Å². The van der Waals surface area contributed by atoms with Gasteiger partial charge in [0.15, 0.2) is 0 Å². The second-order valence-electron chi connectivity index (χ2n) is 3.80. The summed E-state index contributed by atoms with van der Waals surface area (Å²) in [6.45, 7) is 0.466. The Morgan fingerprint density at radius 1 is 1.21 bits per heavy atom. The maximum Gasteiger partial charge on any atom is 0.139 e. The van der Waals surface area contributed by atoms with E-state index in [-0.39, 0.29) is 0 Å². The minimum atomic E-state index is 0.466. The molecule has 0 aromatic carbocycles. The van der Waals surface area contributed by atoms with Gasteiger partial charge in [-0.2, -0.15) is 0 Å². The molecule has 0 aliphatic rings. The van der Waals surface area contributed by atoms with Crippen molar-refractivity contribution >= 4 is 11.6 Å². The highest BCUT2D eigenvalue weighted by molar-refractivity contribution is 6.18. The topological polar surface area (TPSA) is 35.0 Å². The fourth-order valence-corrected chi connectivity index (χ4v) is 1.52. The third-order valence-corrected chi connectivity index (χ3v) is 2.48. The van der Waals surface area contributed by atoms with Crippen molar-refractivity contribution in [2.75, 3.05) is 5.88 Å². The molecule has 0 aliphatic carbocycles. The summed E-state index contributed by atoms with van der Waals surface area (Å²) in [6.07, 6.45) is 7.55. The van der Waals surface area contributed by atoms with Crippen LogP contribution in [-0.2, 0) is 6.61 Å². The summed E-state index contributed by atoms with van der Waals surface area (Å²) in [5.74, 6) is 7.19. The van der Waals surface area contributed by atoms with Gasteiger partial charge in [0.25, 0.3) is 0 Å². The Morgan fingerprint density at radius 3 is 2.95 bits per heavy atom. The summed E-state index contributed by atoms with van der Waals surface area (Å²) in [5, 5.41) is 0. The molecule has 2 aromatic rings. The van der Waals surface area contributed by atoms with E-state index in [1.807, 2.05) is 18.2 Å². The highest BCUT2D eigenvalue weighted by Gasteiger charge is 1.97. The Hall–Kier alpha value is -2.05. The van der Waals surface area contributed by atoms with Gasteiger partial charge in [-0.05, 0) is 12.1 Å². The normalized spacial score (nSPS) is 9.53. The highest BCUT2D eigenvalue weighted by atomic mass is 35.5. The smallest absolute Gasteiger partial charge is 0.139 e. The number of halogens is 1. The number of hydrogen-bond acceptors (Lipinski definition) is 3. The molecule has 3 nitrogen and oxygen atoms in total. The standard InChI is InChI=1S/C15H13ClN2O/c16-6-2-1-4-13-8-15(11-18-9-13)19-12-14-5-3-7-17-10-14/h3,5,7-11H,2,6,12H2. The molecule has 2 rings (SSSR count). The van der Waals surface area contributed by atoms with Gasteiger partial charge in [0, 0.05) is 42.0 Å². The molecule has 96 valence electrons. The first-order valence-electron chi connectivity index (χ1n) is 5.90. The van der Waals surface area contributed by atoms with Gasteiger partial charge < -0.3 is 4.74 Å². The molecule has 2 heterocycles. The summed E-state index contributed by atoms with van der Waals surface area (Å²) in [7, 11) is 0. The summed E-state index contributed by atoms with van der Waals surface area (Å²) in [6, 6.07) is 5.71. The molecule has 0 saturated heterocycles. The van der Waals surface area contributed by atoms with Crippen LogP contribution in [0.15, 0.2) is 43.0 Å². The second-order valence-corrected chi connectivity index (χ2v) is 4.18. The number of rotatable bonds is 4. The van der Waals surface area contributed by atoms with E-state index in [0.29, 0.717) is 24.7 Å². The zero-order chi connectivity index (χ0) is 13.3. The maximum atomic E-state index is 5.64. The van der Waals surface area contributed by atoms with Crippen LogP contribution in [0.2, 0.25) is 0 Å². The lowest BCUT2D eigenvalue weighted by atomic mass is 10.2. The molecule has 0 fully saturated rings. The van der Waals surface area contributed by atoms with Crippen molar-refractivity contribution in [3.63, 3.8) is 0 Å². The van der Waals surface area contributed by atoms with Crippen molar-refractivity contribution in [2.24, 2.45) is 0 Å². The predicted octanol–water partition coefficient (Wildman–Crippen LogP) is 3.04. The third-order valence-electron chi connectivity index (χ3n) is 2.29. The fourth-order valence-electron chi connectivity index (χ4n) is 1.43. The molecule has 0 atom stereocenters. The van der Waals surface area contributed by atoms with E-state index in [2.05, 4.69) is 21.8 Å². The van der Waals surface area contributed by atoms with Crippen LogP contribution >= 0.6 is 11.6 Å². The average Bonchev–Trinajstić information content (AvgIpc) is 2.47. The van der Waals surface area contributed by atoms with Gasteiger partial charge in [0.1, 0.15) is 12.4 Å². The van der Waals surface area contributed by atoms with Crippen molar-refractivity contribution in [3.05, 3.63) is 54.1 Å². The van der Waals surface area contributed by atoms with Crippen LogP contribution in [0.4, 0.5) is 0 Å². The number of aromatic nitrogens is 2. The molecule has 19 heavy (non-hydrogen) atoms. The van der Waals surface area contributed by atoms with E-state index in [9.17, 15) is 0 Å². The first kappa shape index (κ1) is 13.4. The lowest BCUT2D eigenvalue weighted by Crippen LogP contribution is -1.96. The summed E-state index contributed by atoms with van der Waals surface area (Å²) in [5.41, 5.74) is 1.84. The van der Waals surface area contributed by atoms with Crippen LogP contribution in [0.5, 0.6) is 5.75 Å². The highest BCUT2D eigenvalue weighted by Crippen LogP contribution is 2.12. The Morgan fingerprint density at radius 2 is 2.16 bits per heavy atom.